The maximum Gasteiger partial charge on any atom is 0.130 e. The van der Waals surface area contributed by atoms with Gasteiger partial charge in [0.1, 0.15) is 11.9 Å². The molecule has 0 aliphatic heterocycles. The number of nitrogens with zero attached hydrogens (tertiary/aromatic N) is 1. The van der Waals surface area contributed by atoms with E-state index in [9.17, 15) is 14.6 Å². The van der Waals surface area contributed by atoms with Crippen LogP contribution in [0.2, 0.25) is 0 Å². The summed E-state index contributed by atoms with van der Waals surface area (Å²) in [6.07, 6.45) is -2.37. The maximum atomic E-state index is 13.3. The molecule has 1 aromatic rings. The van der Waals surface area contributed by atoms with Crippen molar-refractivity contribution in [2.45, 2.75) is 12.2 Å². The molecule has 80 valence electrons. The molecule has 0 bridgehead atoms. The van der Waals surface area contributed by atoms with Gasteiger partial charge in [-0.1, -0.05) is 22.0 Å². The van der Waals surface area contributed by atoms with Crippen molar-refractivity contribution < 1.29 is 14.6 Å². The van der Waals surface area contributed by atoms with Crippen LogP contribution in [0.1, 0.15) is 17.2 Å². The SMILES string of the molecule is N#Cc1ccc(C(O)C(O)CBr)c(F)c1. The Morgan fingerprint density at radius 2 is 2.13 bits per heavy atom. The van der Waals surface area contributed by atoms with Gasteiger partial charge in [0, 0.05) is 10.9 Å². The molecule has 0 amide bonds. The van der Waals surface area contributed by atoms with Crippen molar-refractivity contribution in [1.29, 1.82) is 5.26 Å². The van der Waals surface area contributed by atoms with Gasteiger partial charge in [0.15, 0.2) is 0 Å². The highest BCUT2D eigenvalue weighted by atomic mass is 79.9. The Morgan fingerprint density at radius 3 is 2.60 bits per heavy atom. The maximum absolute atomic E-state index is 13.3. The van der Waals surface area contributed by atoms with Gasteiger partial charge in [-0.25, -0.2) is 4.39 Å². The van der Waals surface area contributed by atoms with Crippen molar-refractivity contribution in [3.63, 3.8) is 0 Å². The molecule has 2 N–H and O–H groups in total. The van der Waals surface area contributed by atoms with Gasteiger partial charge in [-0.3, -0.25) is 0 Å². The van der Waals surface area contributed by atoms with Crippen LogP contribution in [0.3, 0.4) is 0 Å². The Morgan fingerprint density at radius 1 is 1.47 bits per heavy atom. The highest BCUT2D eigenvalue weighted by Gasteiger charge is 2.20. The third kappa shape index (κ3) is 2.75. The summed E-state index contributed by atoms with van der Waals surface area (Å²) < 4.78 is 13.3. The highest BCUT2D eigenvalue weighted by Crippen LogP contribution is 2.22. The fourth-order valence-electron chi connectivity index (χ4n) is 1.13. The van der Waals surface area contributed by atoms with Gasteiger partial charge in [-0.05, 0) is 12.1 Å². The summed E-state index contributed by atoms with van der Waals surface area (Å²) in [5.41, 5.74) is 0.165. The average Bonchev–Trinajstić information content (AvgIpc) is 2.26. The minimum Gasteiger partial charge on any atom is -0.389 e. The predicted octanol–water partition coefficient (Wildman–Crippen LogP) is 1.49. The summed E-state index contributed by atoms with van der Waals surface area (Å²) >= 11 is 2.98. The number of aliphatic hydroxyl groups excluding tert-OH is 2. The number of alkyl halides is 1. The quantitative estimate of drug-likeness (QED) is 0.821. The van der Waals surface area contributed by atoms with Crippen LogP contribution >= 0.6 is 15.9 Å². The Kier molecular flexibility index (Phi) is 4.21. The van der Waals surface area contributed by atoms with Gasteiger partial charge < -0.3 is 10.2 Å². The molecule has 0 aliphatic carbocycles. The molecule has 0 aliphatic rings. The second-order valence-corrected chi connectivity index (χ2v) is 3.66. The molecule has 0 saturated carbocycles. The molecule has 2 unspecified atom stereocenters. The van der Waals surface area contributed by atoms with Crippen molar-refractivity contribution in [2.75, 3.05) is 5.33 Å². The molecule has 15 heavy (non-hydrogen) atoms. The second-order valence-electron chi connectivity index (χ2n) is 3.01. The number of rotatable bonds is 3. The summed E-state index contributed by atoms with van der Waals surface area (Å²) in [7, 11) is 0. The first-order chi connectivity index (χ1) is 7.10. The molecule has 0 heterocycles. The van der Waals surface area contributed by atoms with E-state index in [1.165, 1.54) is 12.1 Å². The van der Waals surface area contributed by atoms with Crippen LogP contribution in [0.25, 0.3) is 0 Å². The molecule has 1 aromatic carbocycles. The van der Waals surface area contributed by atoms with E-state index in [0.717, 1.165) is 6.07 Å². The van der Waals surface area contributed by atoms with Crippen molar-refractivity contribution in [3.8, 4) is 6.07 Å². The van der Waals surface area contributed by atoms with Crippen molar-refractivity contribution in [2.24, 2.45) is 0 Å². The standard InChI is InChI=1S/C10H9BrFNO2/c11-4-9(14)10(15)7-2-1-6(5-13)3-8(7)12/h1-3,9-10,14-15H,4H2. The van der Waals surface area contributed by atoms with E-state index in [4.69, 9.17) is 5.26 Å². The molecule has 1 rings (SSSR count). The lowest BCUT2D eigenvalue weighted by atomic mass is 10.0. The normalized spacial score (nSPS) is 14.3. The zero-order valence-corrected chi connectivity index (χ0v) is 9.28. The molecule has 0 spiro atoms. The number of nitriles is 1. The lowest BCUT2D eigenvalue weighted by Crippen LogP contribution is -2.20. The Hall–Kier alpha value is -0.960. The number of hydrogen-bond donors (Lipinski definition) is 2. The van der Waals surface area contributed by atoms with Gasteiger partial charge in [0.05, 0.1) is 17.7 Å². The fourth-order valence-corrected chi connectivity index (χ4v) is 1.48. The van der Waals surface area contributed by atoms with Gasteiger partial charge in [-0.2, -0.15) is 5.26 Å². The van der Waals surface area contributed by atoms with E-state index in [1.807, 2.05) is 0 Å². The Balaban J connectivity index is 3.01. The zero-order valence-electron chi connectivity index (χ0n) is 7.69. The fraction of sp³-hybridized carbons (Fsp3) is 0.300. The minimum atomic E-state index is -1.29. The number of aliphatic hydroxyl groups is 2. The van der Waals surface area contributed by atoms with Crippen LogP contribution in [0.4, 0.5) is 4.39 Å². The minimum absolute atomic E-state index is 0.0130. The molecule has 0 radical (unpaired) electrons. The lowest BCUT2D eigenvalue weighted by Gasteiger charge is -2.16. The smallest absolute Gasteiger partial charge is 0.130 e. The van der Waals surface area contributed by atoms with Crippen molar-refractivity contribution in [1.82, 2.24) is 0 Å². The monoisotopic (exact) mass is 273 g/mol. The first-order valence-electron chi connectivity index (χ1n) is 4.21. The van der Waals surface area contributed by atoms with Crippen LogP contribution in [-0.2, 0) is 0 Å². The van der Waals surface area contributed by atoms with E-state index in [0.29, 0.717) is 0 Å². The van der Waals surface area contributed by atoms with Gasteiger partial charge in [-0.15, -0.1) is 0 Å². The first kappa shape index (κ1) is 12.1. The van der Waals surface area contributed by atoms with Crippen molar-refractivity contribution >= 4 is 15.9 Å². The van der Waals surface area contributed by atoms with Crippen LogP contribution in [0.5, 0.6) is 0 Å². The van der Waals surface area contributed by atoms with E-state index < -0.39 is 18.0 Å². The topological polar surface area (TPSA) is 64.2 Å². The molecule has 0 saturated heterocycles. The van der Waals surface area contributed by atoms with Crippen molar-refractivity contribution in [3.05, 3.63) is 35.1 Å². The highest BCUT2D eigenvalue weighted by molar-refractivity contribution is 9.09. The second kappa shape index (κ2) is 5.21. The van der Waals surface area contributed by atoms with E-state index in [2.05, 4.69) is 15.9 Å². The third-order valence-electron chi connectivity index (χ3n) is 1.97. The van der Waals surface area contributed by atoms with Crippen LogP contribution in [-0.4, -0.2) is 21.6 Å². The molecule has 0 aromatic heterocycles. The first-order valence-corrected chi connectivity index (χ1v) is 5.34. The van der Waals surface area contributed by atoms with Gasteiger partial charge >= 0.3 is 0 Å². The summed E-state index contributed by atoms with van der Waals surface area (Å²) in [5.74, 6) is -0.693. The summed E-state index contributed by atoms with van der Waals surface area (Å²) in [6, 6.07) is 5.50. The summed E-state index contributed by atoms with van der Waals surface area (Å²) in [4.78, 5) is 0. The summed E-state index contributed by atoms with van der Waals surface area (Å²) in [5, 5.41) is 27.5. The molecular formula is C10H9BrFNO2. The molecule has 3 nitrogen and oxygen atoms in total. The number of benzene rings is 1. The van der Waals surface area contributed by atoms with Gasteiger partial charge in [0.25, 0.3) is 0 Å². The lowest BCUT2D eigenvalue weighted by molar-refractivity contribution is 0.0320. The van der Waals surface area contributed by atoms with E-state index in [-0.39, 0.29) is 16.5 Å². The molecule has 2 atom stereocenters. The summed E-state index contributed by atoms with van der Waals surface area (Å²) in [6.45, 7) is 0. The van der Waals surface area contributed by atoms with E-state index >= 15 is 0 Å². The predicted molar refractivity (Wildman–Crippen MR) is 55.9 cm³/mol. The van der Waals surface area contributed by atoms with Crippen LogP contribution < -0.4 is 0 Å². The van der Waals surface area contributed by atoms with Gasteiger partial charge in [0.2, 0.25) is 0 Å². The third-order valence-corrected chi connectivity index (χ3v) is 2.63. The molecule has 0 fully saturated rings. The average molecular weight is 274 g/mol. The Bertz CT molecular complexity index is 391. The zero-order chi connectivity index (χ0) is 11.4. The molecular weight excluding hydrogens is 265 g/mol. The van der Waals surface area contributed by atoms with Crippen LogP contribution in [0, 0.1) is 17.1 Å². The Labute approximate surface area is 94.9 Å². The van der Waals surface area contributed by atoms with E-state index in [1.54, 1.807) is 6.07 Å². The van der Waals surface area contributed by atoms with Crippen LogP contribution in [0.15, 0.2) is 18.2 Å². The largest absolute Gasteiger partial charge is 0.389 e. The molecule has 5 heteroatoms. The number of halogens is 2. The number of hydrogen-bond acceptors (Lipinski definition) is 3.